The molecule has 1 rings (SSSR count). The Balaban J connectivity index is 2.06. The second-order valence-corrected chi connectivity index (χ2v) is 1.81. The van der Waals surface area contributed by atoms with Gasteiger partial charge in [0.25, 0.3) is 0 Å². The Labute approximate surface area is 49.8 Å². The van der Waals surface area contributed by atoms with E-state index in [0.717, 1.165) is 26.1 Å². The predicted octanol–water partition coefficient (Wildman–Crippen LogP) is 0.974. The van der Waals surface area contributed by atoms with Crippen LogP contribution in [0.3, 0.4) is 0 Å². The molecule has 0 amide bonds. The zero-order chi connectivity index (χ0) is 5.82. The summed E-state index contributed by atoms with van der Waals surface area (Å²) in [6.07, 6.45) is 1.87. The van der Waals surface area contributed by atoms with Crippen LogP contribution in [0.15, 0.2) is 0 Å². The van der Waals surface area contributed by atoms with Crippen molar-refractivity contribution in [1.29, 1.82) is 0 Å². The zero-order valence-corrected chi connectivity index (χ0v) is 4.93. The van der Waals surface area contributed by atoms with Gasteiger partial charge in [0.15, 0.2) is 6.29 Å². The maximum Gasteiger partial charge on any atom is 0.157 e. The van der Waals surface area contributed by atoms with Crippen molar-refractivity contribution in [2.75, 3.05) is 13.2 Å². The van der Waals surface area contributed by atoms with Crippen LogP contribution in [-0.2, 0) is 9.47 Å². The van der Waals surface area contributed by atoms with Gasteiger partial charge in [0.2, 0.25) is 0 Å². The monoisotopic (exact) mass is 115 g/mol. The van der Waals surface area contributed by atoms with Crippen LogP contribution in [0, 0.1) is 6.92 Å². The molecule has 0 aromatic heterocycles. The molecule has 1 aliphatic rings. The number of rotatable bonds is 2. The van der Waals surface area contributed by atoms with Crippen molar-refractivity contribution in [1.82, 2.24) is 0 Å². The molecule has 2 heteroatoms. The molecule has 1 aliphatic heterocycles. The molecule has 1 fully saturated rings. The van der Waals surface area contributed by atoms with Gasteiger partial charge >= 0.3 is 0 Å². The van der Waals surface area contributed by atoms with E-state index in [-0.39, 0.29) is 6.29 Å². The maximum atomic E-state index is 5.13. The van der Waals surface area contributed by atoms with Crippen LogP contribution in [0.2, 0.25) is 0 Å². The van der Waals surface area contributed by atoms with Gasteiger partial charge in [0, 0.05) is 0 Å². The third-order valence-corrected chi connectivity index (χ3v) is 1.13. The van der Waals surface area contributed by atoms with Gasteiger partial charge in [0.1, 0.15) is 0 Å². The molecule has 0 aromatic carbocycles. The van der Waals surface area contributed by atoms with E-state index < -0.39 is 0 Å². The summed E-state index contributed by atoms with van der Waals surface area (Å²) in [4.78, 5) is 0. The Hall–Kier alpha value is -0.0800. The van der Waals surface area contributed by atoms with Crippen LogP contribution >= 0.6 is 0 Å². The molecule has 2 nitrogen and oxygen atoms in total. The molecule has 0 bridgehead atoms. The van der Waals surface area contributed by atoms with Gasteiger partial charge < -0.3 is 9.47 Å². The molecule has 0 aromatic rings. The van der Waals surface area contributed by atoms with Gasteiger partial charge in [-0.05, 0) is 12.8 Å². The highest BCUT2D eigenvalue weighted by atomic mass is 16.7. The van der Waals surface area contributed by atoms with Crippen molar-refractivity contribution in [2.24, 2.45) is 0 Å². The molecule has 0 atom stereocenters. The predicted molar refractivity (Wildman–Crippen MR) is 30.3 cm³/mol. The first-order valence-electron chi connectivity index (χ1n) is 2.96. The van der Waals surface area contributed by atoms with Crippen LogP contribution < -0.4 is 0 Å². The molecular weight excluding hydrogens is 104 g/mol. The fraction of sp³-hybridized carbons (Fsp3) is 0.833. The van der Waals surface area contributed by atoms with Crippen LogP contribution in [0.25, 0.3) is 0 Å². The van der Waals surface area contributed by atoms with Crippen LogP contribution in [0.4, 0.5) is 0 Å². The Morgan fingerprint density at radius 1 is 1.38 bits per heavy atom. The fourth-order valence-corrected chi connectivity index (χ4v) is 0.741. The number of ether oxygens (including phenoxy) is 2. The highest BCUT2D eigenvalue weighted by Crippen LogP contribution is 2.08. The molecule has 0 unspecified atom stereocenters. The molecule has 0 spiro atoms. The molecule has 47 valence electrons. The highest BCUT2D eigenvalue weighted by molar-refractivity contribution is 4.52. The second-order valence-electron chi connectivity index (χ2n) is 1.81. The molecule has 1 radical (unpaired) electrons. The average Bonchev–Trinajstić information content (AvgIpc) is 2.19. The van der Waals surface area contributed by atoms with Crippen molar-refractivity contribution in [3.63, 3.8) is 0 Å². The van der Waals surface area contributed by atoms with E-state index in [2.05, 4.69) is 6.92 Å². The van der Waals surface area contributed by atoms with Crippen molar-refractivity contribution < 1.29 is 9.47 Å². The van der Waals surface area contributed by atoms with Crippen molar-refractivity contribution in [2.45, 2.75) is 19.1 Å². The van der Waals surface area contributed by atoms with Gasteiger partial charge in [0.05, 0.1) is 13.2 Å². The summed E-state index contributed by atoms with van der Waals surface area (Å²) in [5.41, 5.74) is 0. The zero-order valence-electron chi connectivity index (χ0n) is 4.93. The first-order valence-corrected chi connectivity index (χ1v) is 2.96. The molecule has 0 aliphatic carbocycles. The van der Waals surface area contributed by atoms with E-state index in [1.165, 1.54) is 0 Å². The average molecular weight is 115 g/mol. The number of hydrogen-bond donors (Lipinski definition) is 0. The van der Waals surface area contributed by atoms with E-state index in [0.29, 0.717) is 0 Å². The molecule has 1 heterocycles. The first kappa shape index (κ1) is 6.05. The fourth-order valence-electron chi connectivity index (χ4n) is 0.741. The quantitative estimate of drug-likeness (QED) is 0.534. The van der Waals surface area contributed by atoms with E-state index in [1.807, 2.05) is 0 Å². The second kappa shape index (κ2) is 3.05. The van der Waals surface area contributed by atoms with Crippen LogP contribution in [0.5, 0.6) is 0 Å². The normalized spacial score (nSPS) is 22.1. The topological polar surface area (TPSA) is 18.5 Å². The summed E-state index contributed by atoms with van der Waals surface area (Å²) in [5, 5.41) is 0. The van der Waals surface area contributed by atoms with Gasteiger partial charge in [-0.3, -0.25) is 0 Å². The lowest BCUT2D eigenvalue weighted by Crippen LogP contribution is -2.05. The van der Waals surface area contributed by atoms with Crippen LogP contribution in [0.1, 0.15) is 12.8 Å². The summed E-state index contributed by atoms with van der Waals surface area (Å²) >= 11 is 0. The Bertz CT molecular complexity index is 57.5. The minimum absolute atomic E-state index is 0.0486. The minimum Gasteiger partial charge on any atom is -0.350 e. The summed E-state index contributed by atoms with van der Waals surface area (Å²) in [5.74, 6) is 0. The minimum atomic E-state index is 0.0486. The van der Waals surface area contributed by atoms with E-state index in [1.54, 1.807) is 0 Å². The third kappa shape index (κ3) is 1.46. The summed E-state index contributed by atoms with van der Waals surface area (Å²) < 4.78 is 10.3. The smallest absolute Gasteiger partial charge is 0.157 e. The van der Waals surface area contributed by atoms with Gasteiger partial charge in [-0.1, -0.05) is 6.92 Å². The summed E-state index contributed by atoms with van der Waals surface area (Å²) in [6.45, 7) is 5.20. The lowest BCUT2D eigenvalue weighted by molar-refractivity contribution is -0.0458. The third-order valence-electron chi connectivity index (χ3n) is 1.13. The van der Waals surface area contributed by atoms with Gasteiger partial charge in [-0.2, -0.15) is 0 Å². The van der Waals surface area contributed by atoms with Crippen LogP contribution in [-0.4, -0.2) is 19.5 Å². The standard InChI is InChI=1S/C6H11O2/c1-2-3-6-7-4-5-8-6/h6H,1-5H2. The van der Waals surface area contributed by atoms with Crippen molar-refractivity contribution in [3.8, 4) is 0 Å². The first-order chi connectivity index (χ1) is 3.93. The molecular formula is C6H11O2. The van der Waals surface area contributed by atoms with E-state index in [4.69, 9.17) is 9.47 Å². The summed E-state index contributed by atoms with van der Waals surface area (Å²) in [6, 6.07) is 0. The SMILES string of the molecule is [CH2]CCC1OCCO1. The lowest BCUT2D eigenvalue weighted by Gasteiger charge is -2.04. The Morgan fingerprint density at radius 3 is 2.50 bits per heavy atom. The molecule has 0 N–H and O–H groups in total. The highest BCUT2D eigenvalue weighted by Gasteiger charge is 2.13. The van der Waals surface area contributed by atoms with E-state index in [9.17, 15) is 0 Å². The van der Waals surface area contributed by atoms with Gasteiger partial charge in [-0.15, -0.1) is 0 Å². The Kier molecular flexibility index (Phi) is 2.30. The lowest BCUT2D eigenvalue weighted by atomic mass is 10.3. The van der Waals surface area contributed by atoms with Crippen molar-refractivity contribution in [3.05, 3.63) is 6.92 Å². The molecule has 0 saturated carbocycles. The van der Waals surface area contributed by atoms with Crippen molar-refractivity contribution >= 4 is 0 Å². The Morgan fingerprint density at radius 2 is 2.00 bits per heavy atom. The van der Waals surface area contributed by atoms with E-state index >= 15 is 0 Å². The maximum absolute atomic E-state index is 5.13. The summed E-state index contributed by atoms with van der Waals surface area (Å²) in [7, 11) is 0. The largest absolute Gasteiger partial charge is 0.350 e. The molecule has 1 saturated heterocycles. The molecule has 8 heavy (non-hydrogen) atoms. The number of hydrogen-bond acceptors (Lipinski definition) is 2. The van der Waals surface area contributed by atoms with Gasteiger partial charge in [-0.25, -0.2) is 0 Å².